The minimum absolute atomic E-state index is 0.181. The highest BCUT2D eigenvalue weighted by Crippen LogP contribution is 2.40. The highest BCUT2D eigenvalue weighted by Gasteiger charge is 2.42. The highest BCUT2D eigenvalue weighted by atomic mass is 19.1. The Morgan fingerprint density at radius 3 is 2.87 bits per heavy atom. The Bertz CT molecular complexity index is 1260. The van der Waals surface area contributed by atoms with E-state index in [1.807, 2.05) is 31.3 Å². The molecule has 0 unspecified atom stereocenters. The Hall–Kier alpha value is -3.61. The van der Waals surface area contributed by atoms with Gasteiger partial charge in [-0.1, -0.05) is 18.2 Å². The number of nitrogens with zero attached hydrogens (tertiary/aromatic N) is 2. The molecule has 4 aromatic rings. The molecule has 0 radical (unpaired) electrons. The standard InChI is InChI=1S/C23H21FN4O2/c1-13-20-21(27-26-13)23(29)28(22(20)16-5-3-4-6-18(16)24)10-9-14-12-25-19-8-7-15(30-2)11-17(14)19/h3-8,11-12,22,25H,9-10H2,1-2H3,(H,26,27)/t22-/m1/s1. The molecule has 5 rings (SSSR count). The predicted octanol–water partition coefficient (Wildman–Crippen LogP) is 4.14. The van der Waals surface area contributed by atoms with Gasteiger partial charge in [0.25, 0.3) is 5.91 Å². The summed E-state index contributed by atoms with van der Waals surface area (Å²) < 4.78 is 20.0. The van der Waals surface area contributed by atoms with E-state index in [9.17, 15) is 9.18 Å². The lowest BCUT2D eigenvalue weighted by molar-refractivity contribution is 0.0744. The number of halogens is 1. The molecule has 6 nitrogen and oxygen atoms in total. The Balaban J connectivity index is 1.50. The molecule has 7 heteroatoms. The number of H-pyrrole nitrogens is 2. The SMILES string of the molecule is COc1ccc2[nH]cc(CCN3C(=O)c4n[nH]c(C)c4[C@H]3c3ccccc3F)c2c1. The Kier molecular flexibility index (Phi) is 4.31. The number of methoxy groups -OCH3 is 1. The van der Waals surface area contributed by atoms with Gasteiger partial charge in [0.1, 0.15) is 11.6 Å². The van der Waals surface area contributed by atoms with Crippen molar-refractivity contribution in [1.29, 1.82) is 0 Å². The monoisotopic (exact) mass is 404 g/mol. The van der Waals surface area contributed by atoms with E-state index in [1.54, 1.807) is 30.2 Å². The van der Waals surface area contributed by atoms with E-state index in [4.69, 9.17) is 4.74 Å². The van der Waals surface area contributed by atoms with Crippen molar-refractivity contribution in [1.82, 2.24) is 20.1 Å². The van der Waals surface area contributed by atoms with Crippen molar-refractivity contribution in [2.24, 2.45) is 0 Å². The number of amides is 1. The van der Waals surface area contributed by atoms with Gasteiger partial charge in [-0.25, -0.2) is 4.39 Å². The van der Waals surface area contributed by atoms with E-state index >= 15 is 0 Å². The van der Waals surface area contributed by atoms with Crippen LogP contribution >= 0.6 is 0 Å². The van der Waals surface area contributed by atoms with Crippen LogP contribution in [0, 0.1) is 12.7 Å². The molecule has 1 atom stereocenters. The van der Waals surface area contributed by atoms with Gasteiger partial charge < -0.3 is 14.6 Å². The van der Waals surface area contributed by atoms with Crippen molar-refractivity contribution in [3.8, 4) is 5.75 Å². The predicted molar refractivity (Wildman–Crippen MR) is 111 cm³/mol. The van der Waals surface area contributed by atoms with Crippen molar-refractivity contribution in [2.45, 2.75) is 19.4 Å². The number of aromatic amines is 2. The number of ether oxygens (including phenoxy) is 1. The van der Waals surface area contributed by atoms with E-state index < -0.39 is 6.04 Å². The van der Waals surface area contributed by atoms with Crippen molar-refractivity contribution in [3.63, 3.8) is 0 Å². The number of aromatic nitrogens is 3. The number of carbonyl (C=O) groups excluding carboxylic acids is 1. The molecule has 0 fully saturated rings. The van der Waals surface area contributed by atoms with E-state index in [0.717, 1.165) is 33.5 Å². The normalized spacial score (nSPS) is 15.8. The zero-order valence-corrected chi connectivity index (χ0v) is 16.7. The Morgan fingerprint density at radius 2 is 2.07 bits per heavy atom. The summed E-state index contributed by atoms with van der Waals surface area (Å²) in [7, 11) is 1.64. The number of hydrogen-bond donors (Lipinski definition) is 2. The van der Waals surface area contributed by atoms with Crippen LogP contribution in [-0.2, 0) is 6.42 Å². The molecule has 0 aliphatic carbocycles. The fourth-order valence-corrected chi connectivity index (χ4v) is 4.33. The van der Waals surface area contributed by atoms with Gasteiger partial charge in [-0.15, -0.1) is 0 Å². The Morgan fingerprint density at radius 1 is 1.23 bits per heavy atom. The van der Waals surface area contributed by atoms with Crippen LogP contribution in [0.1, 0.15) is 38.9 Å². The van der Waals surface area contributed by atoms with Crippen LogP contribution in [-0.4, -0.2) is 39.6 Å². The first kappa shape index (κ1) is 18.4. The summed E-state index contributed by atoms with van der Waals surface area (Å²) in [5, 5.41) is 8.12. The molecular formula is C23H21FN4O2. The van der Waals surface area contributed by atoms with Gasteiger partial charge in [-0.2, -0.15) is 5.10 Å². The molecule has 1 amide bonds. The maximum atomic E-state index is 14.7. The molecule has 2 aromatic carbocycles. The largest absolute Gasteiger partial charge is 0.497 e. The topological polar surface area (TPSA) is 74.0 Å². The number of aryl methyl sites for hydroxylation is 1. The second-order valence-electron chi connectivity index (χ2n) is 7.51. The molecule has 0 spiro atoms. The molecule has 1 aliphatic rings. The summed E-state index contributed by atoms with van der Waals surface area (Å²) in [5.74, 6) is 0.270. The molecular weight excluding hydrogens is 383 g/mol. The minimum Gasteiger partial charge on any atom is -0.497 e. The maximum Gasteiger partial charge on any atom is 0.275 e. The average molecular weight is 404 g/mol. The summed E-state index contributed by atoms with van der Waals surface area (Å²) in [6.45, 7) is 2.31. The van der Waals surface area contributed by atoms with Crippen LogP contribution < -0.4 is 4.74 Å². The van der Waals surface area contributed by atoms with E-state index in [0.29, 0.717) is 24.2 Å². The summed E-state index contributed by atoms with van der Waals surface area (Å²) in [5.41, 5.74) is 4.48. The third kappa shape index (κ3) is 2.77. The average Bonchev–Trinajstić information content (AvgIpc) is 3.41. The zero-order valence-electron chi connectivity index (χ0n) is 16.7. The van der Waals surface area contributed by atoms with Crippen molar-refractivity contribution >= 4 is 16.8 Å². The van der Waals surface area contributed by atoms with Crippen LogP contribution in [0.3, 0.4) is 0 Å². The van der Waals surface area contributed by atoms with Crippen LogP contribution in [0.4, 0.5) is 4.39 Å². The third-order valence-corrected chi connectivity index (χ3v) is 5.84. The lowest BCUT2D eigenvalue weighted by atomic mass is 9.98. The molecule has 0 saturated carbocycles. The van der Waals surface area contributed by atoms with Gasteiger partial charge in [0, 0.05) is 40.5 Å². The zero-order chi connectivity index (χ0) is 20.8. The first-order valence-electron chi connectivity index (χ1n) is 9.82. The summed E-state index contributed by atoms with van der Waals surface area (Å²) >= 11 is 0. The number of carbonyl (C=O) groups is 1. The molecule has 30 heavy (non-hydrogen) atoms. The molecule has 152 valence electrons. The minimum atomic E-state index is -0.493. The van der Waals surface area contributed by atoms with Crippen LogP contribution in [0.15, 0.2) is 48.7 Å². The number of fused-ring (bicyclic) bond motifs is 2. The van der Waals surface area contributed by atoms with E-state index in [-0.39, 0.29) is 11.7 Å². The fourth-order valence-electron chi connectivity index (χ4n) is 4.33. The van der Waals surface area contributed by atoms with Crippen molar-refractivity contribution in [3.05, 3.63) is 82.6 Å². The van der Waals surface area contributed by atoms with Gasteiger partial charge in [0.15, 0.2) is 5.69 Å². The van der Waals surface area contributed by atoms with Crippen LogP contribution in [0.5, 0.6) is 5.75 Å². The summed E-state index contributed by atoms with van der Waals surface area (Å²) in [6.07, 6.45) is 2.57. The first-order chi connectivity index (χ1) is 14.6. The number of benzene rings is 2. The smallest absolute Gasteiger partial charge is 0.275 e. The summed E-state index contributed by atoms with van der Waals surface area (Å²) in [4.78, 5) is 18.1. The highest BCUT2D eigenvalue weighted by molar-refractivity contribution is 5.98. The molecule has 0 saturated heterocycles. The van der Waals surface area contributed by atoms with Gasteiger partial charge >= 0.3 is 0 Å². The number of hydrogen-bond acceptors (Lipinski definition) is 3. The van der Waals surface area contributed by atoms with Gasteiger partial charge in [0.2, 0.25) is 0 Å². The number of nitrogens with one attached hydrogen (secondary N) is 2. The van der Waals surface area contributed by atoms with Crippen LogP contribution in [0.2, 0.25) is 0 Å². The lowest BCUT2D eigenvalue weighted by Crippen LogP contribution is -2.32. The quantitative estimate of drug-likeness (QED) is 0.525. The maximum absolute atomic E-state index is 14.7. The fraction of sp³-hybridized carbons (Fsp3) is 0.217. The Labute approximate surface area is 172 Å². The molecule has 1 aliphatic heterocycles. The lowest BCUT2D eigenvalue weighted by Gasteiger charge is -2.26. The van der Waals surface area contributed by atoms with Crippen LogP contribution in [0.25, 0.3) is 10.9 Å². The summed E-state index contributed by atoms with van der Waals surface area (Å²) in [6, 6.07) is 12.0. The second-order valence-corrected chi connectivity index (χ2v) is 7.51. The van der Waals surface area contributed by atoms with Gasteiger partial charge in [0.05, 0.1) is 13.2 Å². The first-order valence-corrected chi connectivity index (χ1v) is 9.82. The number of rotatable bonds is 5. The molecule has 0 bridgehead atoms. The van der Waals surface area contributed by atoms with Gasteiger partial charge in [-0.05, 0) is 43.2 Å². The van der Waals surface area contributed by atoms with Gasteiger partial charge in [-0.3, -0.25) is 9.89 Å². The van der Waals surface area contributed by atoms with E-state index in [1.165, 1.54) is 6.07 Å². The third-order valence-electron chi connectivity index (χ3n) is 5.84. The van der Waals surface area contributed by atoms with Crippen molar-refractivity contribution in [2.75, 3.05) is 13.7 Å². The molecule has 2 aromatic heterocycles. The second kappa shape index (κ2) is 7.02. The molecule has 3 heterocycles. The van der Waals surface area contributed by atoms with Crippen molar-refractivity contribution < 1.29 is 13.9 Å². The van der Waals surface area contributed by atoms with E-state index in [2.05, 4.69) is 15.2 Å². The molecule has 2 N–H and O–H groups in total.